The van der Waals surface area contributed by atoms with Crippen molar-refractivity contribution in [2.75, 3.05) is 13.7 Å². The molecule has 1 saturated heterocycles. The third-order valence-corrected chi connectivity index (χ3v) is 3.65. The summed E-state index contributed by atoms with van der Waals surface area (Å²) in [7, 11) is 1.37. The van der Waals surface area contributed by atoms with Gasteiger partial charge in [0, 0.05) is 0 Å². The highest BCUT2D eigenvalue weighted by Crippen LogP contribution is 2.34. The van der Waals surface area contributed by atoms with Crippen molar-refractivity contribution in [3.63, 3.8) is 0 Å². The Bertz CT molecular complexity index is 751. The highest BCUT2D eigenvalue weighted by Gasteiger charge is 2.27. The van der Waals surface area contributed by atoms with Gasteiger partial charge in [0.2, 0.25) is 0 Å². The second kappa shape index (κ2) is 7.29. The van der Waals surface area contributed by atoms with Crippen LogP contribution in [0.5, 0.6) is 11.5 Å². The van der Waals surface area contributed by atoms with Crippen molar-refractivity contribution in [2.24, 2.45) is 0 Å². The van der Waals surface area contributed by atoms with Crippen LogP contribution in [0.1, 0.15) is 5.56 Å². The maximum atomic E-state index is 11.7. The molecule has 0 atom stereocenters. The number of barbiturate groups is 1. The van der Waals surface area contributed by atoms with Gasteiger partial charge in [-0.1, -0.05) is 0 Å². The number of benzene rings is 1. The molecular formula is C14H11IN2O7. The van der Waals surface area contributed by atoms with Gasteiger partial charge in [-0.25, -0.2) is 9.59 Å². The molecule has 1 aliphatic rings. The molecule has 126 valence electrons. The molecule has 0 aromatic heterocycles. The number of rotatable bonds is 5. The van der Waals surface area contributed by atoms with Crippen LogP contribution in [0.4, 0.5) is 4.79 Å². The van der Waals surface area contributed by atoms with Crippen LogP contribution in [-0.4, -0.2) is 42.6 Å². The number of carbonyl (C=O) groups excluding carboxylic acids is 3. The number of urea groups is 1. The zero-order chi connectivity index (χ0) is 17.9. The SMILES string of the molecule is COc1cc(C=C2C(=O)NC(=O)NC2=O)cc(I)c1OCC(=O)O. The number of ether oxygens (including phenoxy) is 2. The fourth-order valence-electron chi connectivity index (χ4n) is 1.87. The summed E-state index contributed by atoms with van der Waals surface area (Å²) in [5.74, 6) is -2.30. The van der Waals surface area contributed by atoms with E-state index in [9.17, 15) is 19.2 Å². The van der Waals surface area contributed by atoms with Crippen molar-refractivity contribution < 1.29 is 33.8 Å². The number of aliphatic carboxylic acids is 1. The standard InChI is InChI=1S/C14H11IN2O7/c1-23-9-4-6(3-8(15)11(9)24-5-10(18)19)2-7-12(20)16-14(22)17-13(7)21/h2-4H,5H2,1H3,(H,18,19)(H2,16,17,20,21,22). The maximum Gasteiger partial charge on any atom is 0.341 e. The summed E-state index contributed by atoms with van der Waals surface area (Å²) in [6.45, 7) is -0.542. The third-order valence-electron chi connectivity index (χ3n) is 2.85. The van der Waals surface area contributed by atoms with E-state index in [2.05, 4.69) is 0 Å². The van der Waals surface area contributed by atoms with Gasteiger partial charge in [-0.15, -0.1) is 0 Å². The van der Waals surface area contributed by atoms with Crippen LogP contribution < -0.4 is 20.1 Å². The lowest BCUT2D eigenvalue weighted by atomic mass is 10.1. The van der Waals surface area contributed by atoms with E-state index >= 15 is 0 Å². The van der Waals surface area contributed by atoms with Crippen molar-refractivity contribution in [2.45, 2.75) is 0 Å². The van der Waals surface area contributed by atoms with Crippen LogP contribution in [0.25, 0.3) is 6.08 Å². The minimum absolute atomic E-state index is 0.232. The molecule has 24 heavy (non-hydrogen) atoms. The number of methoxy groups -OCH3 is 1. The molecule has 0 saturated carbocycles. The predicted octanol–water partition coefficient (Wildman–Crippen LogP) is 0.513. The van der Waals surface area contributed by atoms with Crippen LogP contribution >= 0.6 is 22.6 Å². The van der Waals surface area contributed by atoms with Gasteiger partial charge in [0.1, 0.15) is 5.57 Å². The Balaban J connectivity index is 2.38. The molecule has 0 spiro atoms. The molecule has 2 rings (SSSR count). The number of carboxylic acid groups (broad SMARTS) is 1. The molecule has 0 radical (unpaired) electrons. The van der Waals surface area contributed by atoms with Crippen LogP contribution in [0, 0.1) is 3.57 Å². The second-order valence-corrected chi connectivity index (χ2v) is 5.67. The monoisotopic (exact) mass is 446 g/mol. The van der Waals surface area contributed by atoms with Crippen LogP contribution in [0.15, 0.2) is 17.7 Å². The van der Waals surface area contributed by atoms with Gasteiger partial charge in [-0.2, -0.15) is 0 Å². The first kappa shape index (κ1) is 17.7. The van der Waals surface area contributed by atoms with E-state index in [1.807, 2.05) is 33.2 Å². The van der Waals surface area contributed by atoms with Gasteiger partial charge in [0.25, 0.3) is 11.8 Å². The van der Waals surface area contributed by atoms with E-state index in [1.54, 1.807) is 6.07 Å². The lowest BCUT2D eigenvalue weighted by molar-refractivity contribution is -0.139. The van der Waals surface area contributed by atoms with E-state index in [0.29, 0.717) is 9.13 Å². The quantitative estimate of drug-likeness (QED) is 0.341. The molecule has 1 aromatic rings. The molecule has 1 aliphatic heterocycles. The Morgan fingerprint density at radius 2 is 1.88 bits per heavy atom. The van der Waals surface area contributed by atoms with E-state index in [1.165, 1.54) is 19.3 Å². The summed E-state index contributed by atoms with van der Waals surface area (Å²) < 4.78 is 10.8. The Hall–Kier alpha value is -2.63. The number of hydrogen-bond acceptors (Lipinski definition) is 6. The summed E-state index contributed by atoms with van der Waals surface area (Å²) in [6, 6.07) is 2.17. The first-order valence-corrected chi connectivity index (χ1v) is 7.50. The Kier molecular flexibility index (Phi) is 5.39. The summed E-state index contributed by atoms with van der Waals surface area (Å²) in [4.78, 5) is 45.1. The summed E-state index contributed by atoms with van der Waals surface area (Å²) >= 11 is 1.91. The third kappa shape index (κ3) is 4.01. The molecule has 3 N–H and O–H groups in total. The maximum absolute atomic E-state index is 11.7. The molecule has 1 heterocycles. The minimum atomic E-state index is -1.14. The highest BCUT2D eigenvalue weighted by atomic mass is 127. The topological polar surface area (TPSA) is 131 Å². The first-order valence-electron chi connectivity index (χ1n) is 6.42. The Morgan fingerprint density at radius 1 is 1.25 bits per heavy atom. The molecule has 4 amide bonds. The van der Waals surface area contributed by atoms with Crippen molar-refractivity contribution in [3.05, 3.63) is 26.8 Å². The summed E-state index contributed by atoms with van der Waals surface area (Å²) in [5, 5.41) is 12.6. The van der Waals surface area contributed by atoms with E-state index in [0.717, 1.165) is 0 Å². The van der Waals surface area contributed by atoms with Crippen molar-refractivity contribution in [3.8, 4) is 11.5 Å². The second-order valence-electron chi connectivity index (χ2n) is 4.51. The minimum Gasteiger partial charge on any atom is -0.493 e. The highest BCUT2D eigenvalue weighted by molar-refractivity contribution is 14.1. The number of carbonyl (C=O) groups is 4. The normalized spacial score (nSPS) is 13.9. The van der Waals surface area contributed by atoms with Crippen molar-refractivity contribution >= 4 is 52.5 Å². The summed E-state index contributed by atoms with van der Waals surface area (Å²) in [5.41, 5.74) is 0.195. The first-order chi connectivity index (χ1) is 11.3. The van der Waals surface area contributed by atoms with Crippen LogP contribution in [0.3, 0.4) is 0 Å². The molecule has 10 heteroatoms. The predicted molar refractivity (Wildman–Crippen MR) is 88.5 cm³/mol. The zero-order valence-electron chi connectivity index (χ0n) is 12.2. The summed E-state index contributed by atoms with van der Waals surface area (Å²) in [6.07, 6.45) is 1.28. The average Bonchev–Trinajstić information content (AvgIpc) is 2.49. The number of halogens is 1. The zero-order valence-corrected chi connectivity index (χ0v) is 14.4. The van der Waals surface area contributed by atoms with Gasteiger partial charge >= 0.3 is 12.0 Å². The molecule has 1 fully saturated rings. The number of hydrogen-bond donors (Lipinski definition) is 3. The number of carboxylic acids is 1. The van der Waals surface area contributed by atoms with Gasteiger partial charge in [-0.3, -0.25) is 20.2 Å². The van der Waals surface area contributed by atoms with Crippen molar-refractivity contribution in [1.29, 1.82) is 0 Å². The van der Waals surface area contributed by atoms with Crippen LogP contribution in [-0.2, 0) is 14.4 Å². The van der Waals surface area contributed by atoms with Gasteiger partial charge in [-0.05, 0) is 46.4 Å². The van der Waals surface area contributed by atoms with Gasteiger partial charge in [0.05, 0.1) is 10.7 Å². The number of amides is 4. The average molecular weight is 446 g/mol. The fraction of sp³-hybridized carbons (Fsp3) is 0.143. The smallest absolute Gasteiger partial charge is 0.341 e. The van der Waals surface area contributed by atoms with Gasteiger partial charge in [0.15, 0.2) is 18.1 Å². The number of imide groups is 2. The molecule has 1 aromatic carbocycles. The molecule has 0 unspecified atom stereocenters. The van der Waals surface area contributed by atoms with Gasteiger partial charge < -0.3 is 14.6 Å². The van der Waals surface area contributed by atoms with E-state index in [4.69, 9.17) is 14.6 Å². The van der Waals surface area contributed by atoms with E-state index < -0.39 is 30.4 Å². The lowest BCUT2D eigenvalue weighted by Crippen LogP contribution is -2.51. The fourth-order valence-corrected chi connectivity index (χ4v) is 2.65. The lowest BCUT2D eigenvalue weighted by Gasteiger charge is -2.15. The molecule has 0 aliphatic carbocycles. The Morgan fingerprint density at radius 3 is 2.42 bits per heavy atom. The van der Waals surface area contributed by atoms with Crippen LogP contribution in [0.2, 0.25) is 0 Å². The Labute approximate surface area is 149 Å². The number of nitrogens with one attached hydrogen (secondary N) is 2. The largest absolute Gasteiger partial charge is 0.493 e. The molecular weight excluding hydrogens is 435 g/mol. The van der Waals surface area contributed by atoms with Crippen molar-refractivity contribution in [1.82, 2.24) is 10.6 Å². The molecule has 9 nitrogen and oxygen atoms in total. The molecule has 0 bridgehead atoms. The van der Waals surface area contributed by atoms with E-state index in [-0.39, 0.29) is 17.1 Å².